The van der Waals surface area contributed by atoms with Crippen molar-refractivity contribution < 1.29 is 24.3 Å². The Kier molecular flexibility index (Phi) is 10.6. The number of hydrogen-bond donors (Lipinski definition) is 6. The van der Waals surface area contributed by atoms with Crippen LogP contribution in [0.4, 0.5) is 0 Å². The summed E-state index contributed by atoms with van der Waals surface area (Å²) in [6, 6.07) is 3.86. The molecule has 0 aliphatic heterocycles. The first kappa shape index (κ1) is 28.2. The van der Waals surface area contributed by atoms with Gasteiger partial charge in [-0.2, -0.15) is 11.8 Å². The number of thioether (sulfide) groups is 1. The number of hydrogen-bond acceptors (Lipinski definition) is 6. The van der Waals surface area contributed by atoms with Crippen LogP contribution in [0, 0.1) is 5.92 Å². The van der Waals surface area contributed by atoms with Crippen LogP contribution in [0.25, 0.3) is 10.9 Å². The van der Waals surface area contributed by atoms with Crippen LogP contribution in [0.3, 0.4) is 0 Å². The molecular weight excluding hydrogens is 470 g/mol. The van der Waals surface area contributed by atoms with Crippen LogP contribution in [0.5, 0.6) is 0 Å². The van der Waals surface area contributed by atoms with Crippen LogP contribution in [-0.4, -0.2) is 70.0 Å². The highest BCUT2D eigenvalue weighted by Crippen LogP contribution is 2.19. The van der Waals surface area contributed by atoms with E-state index in [-0.39, 0.29) is 18.8 Å². The lowest BCUT2D eigenvalue weighted by Gasteiger charge is -2.25. The second-order valence-electron chi connectivity index (χ2n) is 8.81. The number of aromatic nitrogens is 1. The van der Waals surface area contributed by atoms with Gasteiger partial charge >= 0.3 is 5.97 Å². The number of fused-ring (bicyclic) bond motifs is 1. The van der Waals surface area contributed by atoms with E-state index in [1.54, 1.807) is 13.8 Å². The predicted octanol–water partition coefficient (Wildman–Crippen LogP) is 1.01. The Labute approximate surface area is 209 Å². The zero-order valence-electron chi connectivity index (χ0n) is 20.5. The van der Waals surface area contributed by atoms with Crippen molar-refractivity contribution >= 4 is 46.4 Å². The van der Waals surface area contributed by atoms with E-state index in [0.29, 0.717) is 5.75 Å². The number of nitrogens with two attached hydrogens (primary N) is 1. The van der Waals surface area contributed by atoms with Gasteiger partial charge in [0.2, 0.25) is 17.7 Å². The molecule has 1 aromatic heterocycles. The van der Waals surface area contributed by atoms with Gasteiger partial charge in [0.1, 0.15) is 18.1 Å². The smallest absolute Gasteiger partial charge is 0.326 e. The van der Waals surface area contributed by atoms with Crippen molar-refractivity contribution in [3.05, 3.63) is 36.0 Å². The molecule has 192 valence electrons. The maximum absolute atomic E-state index is 12.9. The summed E-state index contributed by atoms with van der Waals surface area (Å²) < 4.78 is 0. The topological polar surface area (TPSA) is 166 Å². The minimum absolute atomic E-state index is 0.266. The molecule has 11 heteroatoms. The number of benzene rings is 1. The highest BCUT2D eigenvalue weighted by molar-refractivity contribution is 7.98. The Balaban J connectivity index is 1.97. The average molecular weight is 506 g/mol. The number of aromatic amines is 1. The minimum atomic E-state index is -1.14. The molecule has 0 aliphatic rings. The van der Waals surface area contributed by atoms with E-state index in [9.17, 15) is 24.3 Å². The van der Waals surface area contributed by atoms with Crippen molar-refractivity contribution in [3.63, 3.8) is 0 Å². The number of amides is 3. The molecule has 7 N–H and O–H groups in total. The molecule has 0 spiro atoms. The average Bonchev–Trinajstić information content (AvgIpc) is 3.21. The van der Waals surface area contributed by atoms with Crippen LogP contribution in [0.15, 0.2) is 30.5 Å². The van der Waals surface area contributed by atoms with Gasteiger partial charge in [0.25, 0.3) is 0 Å². The van der Waals surface area contributed by atoms with Gasteiger partial charge in [0.05, 0.1) is 6.04 Å². The van der Waals surface area contributed by atoms with E-state index >= 15 is 0 Å². The largest absolute Gasteiger partial charge is 0.480 e. The van der Waals surface area contributed by atoms with Gasteiger partial charge in [-0.25, -0.2) is 4.79 Å². The van der Waals surface area contributed by atoms with Gasteiger partial charge in [-0.3, -0.25) is 14.4 Å². The van der Waals surface area contributed by atoms with Gasteiger partial charge in [0.15, 0.2) is 0 Å². The SMILES string of the molecule is CSCCC(NC(=O)C(C)NC(=O)C(NC(=O)C(N)Cc1c[nH]c2ccccc12)C(C)C)C(=O)O. The van der Waals surface area contributed by atoms with E-state index in [4.69, 9.17) is 5.73 Å². The molecular formula is C24H35N5O5S. The number of para-hydroxylation sites is 1. The number of aliphatic carboxylic acids is 1. The van der Waals surface area contributed by atoms with Gasteiger partial charge in [0, 0.05) is 17.1 Å². The standard InChI is InChI=1S/C24H35N5O5S/c1-13(2)20(23(32)27-14(3)21(30)28-19(24(33)34)9-10-35-4)29-22(31)17(25)11-15-12-26-18-8-6-5-7-16(15)18/h5-8,12-14,17,19-20,26H,9-11,25H2,1-4H3,(H,27,32)(H,28,30)(H,29,31)(H,33,34). The van der Waals surface area contributed by atoms with E-state index < -0.39 is 47.9 Å². The highest BCUT2D eigenvalue weighted by atomic mass is 32.2. The van der Waals surface area contributed by atoms with Crippen LogP contribution < -0.4 is 21.7 Å². The van der Waals surface area contributed by atoms with Crippen LogP contribution in [0.2, 0.25) is 0 Å². The number of H-pyrrole nitrogens is 1. The third-order valence-electron chi connectivity index (χ3n) is 5.68. The Morgan fingerprint density at radius 3 is 2.34 bits per heavy atom. The molecule has 0 saturated carbocycles. The number of nitrogens with one attached hydrogen (secondary N) is 4. The van der Waals surface area contributed by atoms with E-state index in [0.717, 1.165) is 16.5 Å². The van der Waals surface area contributed by atoms with Gasteiger partial charge in [-0.1, -0.05) is 32.0 Å². The summed E-state index contributed by atoms with van der Waals surface area (Å²) in [5.74, 6) is -2.49. The van der Waals surface area contributed by atoms with Crippen LogP contribution in [0.1, 0.15) is 32.8 Å². The number of carboxylic acids is 1. The fourth-order valence-electron chi connectivity index (χ4n) is 3.58. The predicted molar refractivity (Wildman–Crippen MR) is 137 cm³/mol. The lowest BCUT2D eigenvalue weighted by Crippen LogP contribution is -2.57. The quantitative estimate of drug-likeness (QED) is 0.236. The summed E-state index contributed by atoms with van der Waals surface area (Å²) >= 11 is 1.47. The van der Waals surface area contributed by atoms with E-state index in [1.165, 1.54) is 18.7 Å². The van der Waals surface area contributed by atoms with Crippen molar-refractivity contribution in [2.24, 2.45) is 11.7 Å². The number of rotatable bonds is 13. The summed E-state index contributed by atoms with van der Waals surface area (Å²) in [6.45, 7) is 5.00. The molecule has 0 aliphatic carbocycles. The summed E-state index contributed by atoms with van der Waals surface area (Å²) in [7, 11) is 0. The second-order valence-corrected chi connectivity index (χ2v) is 9.80. The van der Waals surface area contributed by atoms with Gasteiger partial charge < -0.3 is 31.8 Å². The molecule has 2 aromatic rings. The molecule has 1 aromatic carbocycles. The minimum Gasteiger partial charge on any atom is -0.480 e. The molecule has 0 fully saturated rings. The molecule has 4 unspecified atom stereocenters. The summed E-state index contributed by atoms with van der Waals surface area (Å²) in [5, 5.41) is 18.0. The summed E-state index contributed by atoms with van der Waals surface area (Å²) in [6.07, 6.45) is 4.21. The Hall–Kier alpha value is -3.05. The van der Waals surface area contributed by atoms with Crippen molar-refractivity contribution in [1.29, 1.82) is 0 Å². The molecule has 35 heavy (non-hydrogen) atoms. The first-order valence-electron chi connectivity index (χ1n) is 11.5. The Morgan fingerprint density at radius 2 is 1.71 bits per heavy atom. The van der Waals surface area contributed by atoms with E-state index in [2.05, 4.69) is 20.9 Å². The van der Waals surface area contributed by atoms with E-state index in [1.807, 2.05) is 36.7 Å². The lowest BCUT2D eigenvalue weighted by molar-refractivity contribution is -0.142. The fourth-order valence-corrected chi connectivity index (χ4v) is 4.06. The summed E-state index contributed by atoms with van der Waals surface area (Å²) in [4.78, 5) is 52.6. The Morgan fingerprint density at radius 1 is 1.03 bits per heavy atom. The highest BCUT2D eigenvalue weighted by Gasteiger charge is 2.30. The van der Waals surface area contributed by atoms with Gasteiger partial charge in [-0.15, -0.1) is 0 Å². The van der Waals surface area contributed by atoms with Gasteiger partial charge in [-0.05, 0) is 49.3 Å². The molecule has 0 saturated heterocycles. The molecule has 1 heterocycles. The zero-order chi connectivity index (χ0) is 26.1. The van der Waals surface area contributed by atoms with Crippen molar-refractivity contribution in [2.45, 2.75) is 57.8 Å². The monoisotopic (exact) mass is 505 g/mol. The third kappa shape index (κ3) is 8.00. The Bertz CT molecular complexity index is 1040. The molecule has 4 atom stereocenters. The van der Waals surface area contributed by atoms with Crippen molar-refractivity contribution in [3.8, 4) is 0 Å². The third-order valence-corrected chi connectivity index (χ3v) is 6.32. The van der Waals surface area contributed by atoms with Crippen molar-refractivity contribution in [2.75, 3.05) is 12.0 Å². The first-order valence-corrected chi connectivity index (χ1v) is 12.9. The van der Waals surface area contributed by atoms with Crippen molar-refractivity contribution in [1.82, 2.24) is 20.9 Å². The number of carboxylic acid groups (broad SMARTS) is 1. The fraction of sp³-hybridized carbons (Fsp3) is 0.500. The molecule has 0 bridgehead atoms. The zero-order valence-corrected chi connectivity index (χ0v) is 21.3. The summed E-state index contributed by atoms with van der Waals surface area (Å²) in [5.41, 5.74) is 7.98. The normalized spacial score (nSPS) is 14.7. The molecule has 10 nitrogen and oxygen atoms in total. The molecule has 0 radical (unpaired) electrons. The molecule has 2 rings (SSSR count). The second kappa shape index (κ2) is 13.1. The number of carbonyl (C=O) groups is 4. The van der Waals surface area contributed by atoms with Crippen LogP contribution in [-0.2, 0) is 25.6 Å². The maximum atomic E-state index is 12.9. The van der Waals surface area contributed by atoms with Crippen LogP contribution >= 0.6 is 11.8 Å². The number of carbonyl (C=O) groups excluding carboxylic acids is 3. The molecule has 3 amide bonds. The lowest BCUT2D eigenvalue weighted by atomic mass is 10.0. The maximum Gasteiger partial charge on any atom is 0.326 e. The first-order chi connectivity index (χ1) is 16.5.